The summed E-state index contributed by atoms with van der Waals surface area (Å²) in [7, 11) is 0. The summed E-state index contributed by atoms with van der Waals surface area (Å²) in [6.07, 6.45) is 4.08. The van der Waals surface area contributed by atoms with Crippen LogP contribution in [0.3, 0.4) is 0 Å². The van der Waals surface area contributed by atoms with Crippen molar-refractivity contribution in [3.63, 3.8) is 0 Å². The lowest BCUT2D eigenvalue weighted by atomic mass is 10.1. The zero-order valence-electron chi connectivity index (χ0n) is 9.70. The van der Waals surface area contributed by atoms with Crippen molar-refractivity contribution in [3.05, 3.63) is 12.2 Å². The van der Waals surface area contributed by atoms with Crippen LogP contribution in [0.5, 0.6) is 0 Å². The van der Waals surface area contributed by atoms with Gasteiger partial charge in [0.2, 0.25) is 0 Å². The summed E-state index contributed by atoms with van der Waals surface area (Å²) in [6.45, 7) is 9.94. The minimum atomic E-state index is 0.656. The second-order valence-electron chi connectivity index (χ2n) is 4.73. The molecule has 3 heteroatoms. The standard InChI is InChI=1S/C11H21N3/c1-9(2)5-6-11-13-12-8-14(11)7-10(3)4/h8-10H,5-7H2,1-4H3. The van der Waals surface area contributed by atoms with Crippen molar-refractivity contribution in [1.29, 1.82) is 0 Å². The van der Waals surface area contributed by atoms with Crippen LogP contribution in [0.4, 0.5) is 0 Å². The average molecular weight is 195 g/mol. The van der Waals surface area contributed by atoms with Crippen molar-refractivity contribution >= 4 is 0 Å². The van der Waals surface area contributed by atoms with E-state index in [1.165, 1.54) is 6.42 Å². The summed E-state index contributed by atoms with van der Waals surface area (Å²) >= 11 is 0. The second-order valence-corrected chi connectivity index (χ2v) is 4.73. The number of aromatic nitrogens is 3. The van der Waals surface area contributed by atoms with Gasteiger partial charge in [-0.1, -0.05) is 27.7 Å². The third-order valence-electron chi connectivity index (χ3n) is 2.20. The van der Waals surface area contributed by atoms with Gasteiger partial charge in [0.25, 0.3) is 0 Å². The Morgan fingerprint density at radius 2 is 1.93 bits per heavy atom. The Kier molecular flexibility index (Phi) is 4.11. The van der Waals surface area contributed by atoms with Crippen LogP contribution in [0, 0.1) is 11.8 Å². The highest BCUT2D eigenvalue weighted by Gasteiger charge is 2.06. The van der Waals surface area contributed by atoms with Gasteiger partial charge in [0.15, 0.2) is 0 Å². The molecule has 0 aliphatic heterocycles. The maximum Gasteiger partial charge on any atom is 0.132 e. The Hall–Kier alpha value is -0.860. The van der Waals surface area contributed by atoms with E-state index >= 15 is 0 Å². The van der Waals surface area contributed by atoms with Gasteiger partial charge in [-0.25, -0.2) is 0 Å². The first-order valence-electron chi connectivity index (χ1n) is 5.46. The van der Waals surface area contributed by atoms with Crippen LogP contribution in [0.15, 0.2) is 6.33 Å². The van der Waals surface area contributed by atoms with E-state index in [0.717, 1.165) is 24.7 Å². The molecule has 0 atom stereocenters. The third kappa shape index (κ3) is 3.48. The van der Waals surface area contributed by atoms with Crippen molar-refractivity contribution < 1.29 is 0 Å². The lowest BCUT2D eigenvalue weighted by Crippen LogP contribution is -2.08. The van der Waals surface area contributed by atoms with Crippen molar-refractivity contribution in [2.24, 2.45) is 11.8 Å². The van der Waals surface area contributed by atoms with Gasteiger partial charge in [0, 0.05) is 13.0 Å². The van der Waals surface area contributed by atoms with E-state index < -0.39 is 0 Å². The summed E-state index contributed by atoms with van der Waals surface area (Å²) in [5, 5.41) is 8.12. The summed E-state index contributed by atoms with van der Waals surface area (Å²) in [5.41, 5.74) is 0. The zero-order valence-corrected chi connectivity index (χ0v) is 9.70. The fraction of sp³-hybridized carbons (Fsp3) is 0.818. The molecule has 1 rings (SSSR count). The Morgan fingerprint density at radius 3 is 2.50 bits per heavy atom. The van der Waals surface area contributed by atoms with E-state index in [4.69, 9.17) is 0 Å². The lowest BCUT2D eigenvalue weighted by Gasteiger charge is -2.09. The van der Waals surface area contributed by atoms with Crippen LogP contribution in [0.25, 0.3) is 0 Å². The van der Waals surface area contributed by atoms with Gasteiger partial charge < -0.3 is 4.57 Å². The van der Waals surface area contributed by atoms with Crippen LogP contribution in [-0.4, -0.2) is 14.8 Å². The smallest absolute Gasteiger partial charge is 0.132 e. The monoisotopic (exact) mass is 195 g/mol. The van der Waals surface area contributed by atoms with Gasteiger partial charge in [-0.15, -0.1) is 10.2 Å². The van der Waals surface area contributed by atoms with E-state index in [9.17, 15) is 0 Å². The predicted octanol–water partition coefficient (Wildman–Crippen LogP) is 2.52. The number of hydrogen-bond donors (Lipinski definition) is 0. The van der Waals surface area contributed by atoms with Crippen LogP contribution in [0.2, 0.25) is 0 Å². The molecule has 3 nitrogen and oxygen atoms in total. The fourth-order valence-electron chi connectivity index (χ4n) is 1.44. The molecule has 1 aromatic rings. The quantitative estimate of drug-likeness (QED) is 0.722. The molecular formula is C11H21N3. The molecular weight excluding hydrogens is 174 g/mol. The minimum Gasteiger partial charge on any atom is -0.317 e. The van der Waals surface area contributed by atoms with Crippen molar-refractivity contribution in [3.8, 4) is 0 Å². The molecule has 0 radical (unpaired) electrons. The van der Waals surface area contributed by atoms with Gasteiger partial charge >= 0.3 is 0 Å². The van der Waals surface area contributed by atoms with E-state index in [-0.39, 0.29) is 0 Å². The highest BCUT2D eigenvalue weighted by Crippen LogP contribution is 2.08. The first-order chi connectivity index (χ1) is 6.59. The van der Waals surface area contributed by atoms with Crippen molar-refractivity contribution in [2.75, 3.05) is 0 Å². The molecule has 0 saturated carbocycles. The first kappa shape index (κ1) is 11.2. The Bertz CT molecular complexity index is 263. The average Bonchev–Trinajstić information content (AvgIpc) is 2.47. The maximum atomic E-state index is 4.15. The summed E-state index contributed by atoms with van der Waals surface area (Å²) in [5.74, 6) is 2.52. The van der Waals surface area contributed by atoms with E-state index in [1.807, 2.05) is 6.33 Å². The van der Waals surface area contributed by atoms with Crippen LogP contribution < -0.4 is 0 Å². The second kappa shape index (κ2) is 5.13. The molecule has 0 fully saturated rings. The van der Waals surface area contributed by atoms with Gasteiger partial charge in [0.05, 0.1) is 0 Å². The molecule has 0 aromatic carbocycles. The summed E-state index contributed by atoms with van der Waals surface area (Å²) < 4.78 is 2.17. The number of nitrogens with zero attached hydrogens (tertiary/aromatic N) is 3. The van der Waals surface area contributed by atoms with Gasteiger partial charge in [-0.3, -0.25) is 0 Å². The minimum absolute atomic E-state index is 0.656. The van der Waals surface area contributed by atoms with Gasteiger partial charge in [0.1, 0.15) is 12.2 Å². The molecule has 14 heavy (non-hydrogen) atoms. The van der Waals surface area contributed by atoms with Crippen LogP contribution in [-0.2, 0) is 13.0 Å². The molecule has 0 unspecified atom stereocenters. The van der Waals surface area contributed by atoms with Crippen LogP contribution in [0.1, 0.15) is 39.9 Å². The Balaban J connectivity index is 2.53. The van der Waals surface area contributed by atoms with Crippen molar-refractivity contribution in [2.45, 2.75) is 47.1 Å². The largest absolute Gasteiger partial charge is 0.317 e. The summed E-state index contributed by atoms with van der Waals surface area (Å²) in [4.78, 5) is 0. The Morgan fingerprint density at radius 1 is 1.21 bits per heavy atom. The number of rotatable bonds is 5. The molecule has 1 heterocycles. The molecule has 0 aliphatic rings. The molecule has 0 spiro atoms. The molecule has 1 aromatic heterocycles. The molecule has 80 valence electrons. The SMILES string of the molecule is CC(C)CCc1nncn1CC(C)C. The normalized spacial score (nSPS) is 11.6. The molecule has 0 aliphatic carbocycles. The predicted molar refractivity (Wildman–Crippen MR) is 58.0 cm³/mol. The van der Waals surface area contributed by atoms with Crippen LogP contribution >= 0.6 is 0 Å². The highest BCUT2D eigenvalue weighted by atomic mass is 15.3. The van der Waals surface area contributed by atoms with E-state index in [2.05, 4.69) is 42.5 Å². The summed E-state index contributed by atoms with van der Waals surface area (Å²) in [6, 6.07) is 0. The Labute approximate surface area is 86.5 Å². The lowest BCUT2D eigenvalue weighted by molar-refractivity contribution is 0.491. The number of aryl methyl sites for hydroxylation is 1. The zero-order chi connectivity index (χ0) is 10.6. The van der Waals surface area contributed by atoms with Gasteiger partial charge in [-0.05, 0) is 18.3 Å². The van der Waals surface area contributed by atoms with E-state index in [0.29, 0.717) is 5.92 Å². The third-order valence-corrected chi connectivity index (χ3v) is 2.20. The first-order valence-corrected chi connectivity index (χ1v) is 5.46. The maximum absolute atomic E-state index is 4.15. The molecule has 0 bridgehead atoms. The van der Waals surface area contributed by atoms with Crippen molar-refractivity contribution in [1.82, 2.24) is 14.8 Å². The van der Waals surface area contributed by atoms with E-state index in [1.54, 1.807) is 0 Å². The topological polar surface area (TPSA) is 30.7 Å². The molecule has 0 N–H and O–H groups in total. The molecule has 0 amide bonds. The fourth-order valence-corrected chi connectivity index (χ4v) is 1.44. The highest BCUT2D eigenvalue weighted by molar-refractivity contribution is 4.86. The molecule has 0 saturated heterocycles. The van der Waals surface area contributed by atoms with Gasteiger partial charge in [-0.2, -0.15) is 0 Å². The number of hydrogen-bond acceptors (Lipinski definition) is 2.